The van der Waals surface area contributed by atoms with E-state index in [1.165, 1.54) is 6.20 Å². The highest BCUT2D eigenvalue weighted by Gasteiger charge is 2.45. The lowest BCUT2D eigenvalue weighted by atomic mass is 9.72. The molecule has 39 heavy (non-hydrogen) atoms. The number of hydrogen-bond acceptors (Lipinski definition) is 5. The van der Waals surface area contributed by atoms with E-state index >= 15 is 0 Å². The average molecular weight is 546 g/mol. The molecule has 2 aromatic heterocycles. The molecule has 5 rings (SSSR count). The fraction of sp³-hybridized carbons (Fsp3) is 0.333. The Hall–Kier alpha value is -3.91. The van der Waals surface area contributed by atoms with Gasteiger partial charge in [0.1, 0.15) is 5.82 Å². The van der Waals surface area contributed by atoms with Gasteiger partial charge in [-0.05, 0) is 48.9 Å². The molecule has 0 bridgehead atoms. The van der Waals surface area contributed by atoms with Gasteiger partial charge in [-0.25, -0.2) is 4.98 Å². The van der Waals surface area contributed by atoms with Gasteiger partial charge in [0.25, 0.3) is 5.91 Å². The van der Waals surface area contributed by atoms with Crippen molar-refractivity contribution in [3.63, 3.8) is 0 Å². The molecule has 8 nitrogen and oxygen atoms in total. The third-order valence-electron chi connectivity index (χ3n) is 7.62. The van der Waals surface area contributed by atoms with Gasteiger partial charge in [-0.1, -0.05) is 59.2 Å². The highest BCUT2D eigenvalue weighted by Crippen LogP contribution is 2.38. The van der Waals surface area contributed by atoms with Gasteiger partial charge in [0.15, 0.2) is 0 Å². The van der Waals surface area contributed by atoms with Gasteiger partial charge in [-0.15, -0.1) is 0 Å². The molecule has 0 aliphatic carbocycles. The van der Waals surface area contributed by atoms with E-state index in [4.69, 9.17) is 16.1 Å². The number of nitrogens with zero attached hydrogens (tertiary/aromatic N) is 5. The first-order valence-corrected chi connectivity index (χ1v) is 13.6. The van der Waals surface area contributed by atoms with Gasteiger partial charge in [0.05, 0.1) is 18.2 Å². The molecule has 0 saturated carbocycles. The molecule has 1 aliphatic rings. The first-order chi connectivity index (χ1) is 18.9. The Bertz CT molecular complexity index is 1380. The molecule has 4 aromatic rings. The minimum Gasteiger partial charge on any atom is -0.351 e. The lowest BCUT2D eigenvalue weighted by Gasteiger charge is -2.43. The van der Waals surface area contributed by atoms with Crippen LogP contribution in [0, 0.1) is 5.41 Å². The summed E-state index contributed by atoms with van der Waals surface area (Å²) in [5.74, 6) is 0.944. The maximum absolute atomic E-state index is 14.6. The van der Waals surface area contributed by atoms with E-state index in [0.29, 0.717) is 56.9 Å². The van der Waals surface area contributed by atoms with Crippen molar-refractivity contribution < 1.29 is 14.1 Å². The van der Waals surface area contributed by atoms with Crippen LogP contribution in [0.1, 0.15) is 40.3 Å². The number of aryl methyl sites for hydroxylation is 1. The number of halogens is 1. The Morgan fingerprint density at radius 3 is 2.38 bits per heavy atom. The molecule has 2 amide bonds. The van der Waals surface area contributed by atoms with Crippen LogP contribution in [0.15, 0.2) is 83.8 Å². The molecule has 1 aliphatic heterocycles. The van der Waals surface area contributed by atoms with Crippen molar-refractivity contribution in [3.8, 4) is 0 Å². The summed E-state index contributed by atoms with van der Waals surface area (Å²) in [5, 5.41) is 4.36. The number of imidazole rings is 1. The van der Waals surface area contributed by atoms with Crippen molar-refractivity contribution in [3.05, 3.63) is 107 Å². The van der Waals surface area contributed by atoms with Crippen LogP contribution in [0.4, 0.5) is 0 Å². The maximum atomic E-state index is 14.6. The van der Waals surface area contributed by atoms with Crippen molar-refractivity contribution in [1.29, 1.82) is 0 Å². The van der Waals surface area contributed by atoms with Crippen LogP contribution in [0.25, 0.3) is 0 Å². The molecule has 3 heterocycles. The fourth-order valence-electron chi connectivity index (χ4n) is 5.30. The number of hydrogen-bond donors (Lipinski definition) is 0. The quantitative estimate of drug-likeness (QED) is 0.302. The minimum atomic E-state index is -0.648. The summed E-state index contributed by atoms with van der Waals surface area (Å²) >= 11 is 6.09. The van der Waals surface area contributed by atoms with Gasteiger partial charge >= 0.3 is 0 Å². The van der Waals surface area contributed by atoms with Crippen LogP contribution in [-0.4, -0.2) is 56.0 Å². The molecule has 202 valence electrons. The van der Waals surface area contributed by atoms with Crippen molar-refractivity contribution in [1.82, 2.24) is 24.5 Å². The van der Waals surface area contributed by atoms with Crippen molar-refractivity contribution in [2.75, 3.05) is 19.6 Å². The summed E-state index contributed by atoms with van der Waals surface area (Å²) in [5.41, 5.74) is 1.57. The number of carbonyl (C=O) groups is 2. The van der Waals surface area contributed by atoms with E-state index in [-0.39, 0.29) is 17.6 Å². The highest BCUT2D eigenvalue weighted by molar-refractivity contribution is 6.30. The standard InChI is InChI=1S/C30H32ClN5O3/c1-34-20-16-32-27(34)22-36(17-12-23-7-9-25(31)10-8-23)29(38)30(21-24-5-3-2-4-6-24)13-18-35(19-14-30)28(37)26-11-15-33-39-26/h2-11,15-16,20H,12-14,17-19,21-22H2,1H3. The summed E-state index contributed by atoms with van der Waals surface area (Å²) in [6.45, 7) is 1.88. The number of rotatable bonds is 9. The Morgan fingerprint density at radius 2 is 1.74 bits per heavy atom. The van der Waals surface area contributed by atoms with Gasteiger partial charge in [0.2, 0.25) is 11.7 Å². The Labute approximate surface area is 233 Å². The summed E-state index contributed by atoms with van der Waals surface area (Å²) in [7, 11) is 1.94. The Balaban J connectivity index is 1.41. The molecule has 0 unspecified atom stereocenters. The van der Waals surface area contributed by atoms with Crippen molar-refractivity contribution >= 4 is 23.4 Å². The molecular weight excluding hydrogens is 514 g/mol. The van der Waals surface area contributed by atoms with Gasteiger partial charge in [0, 0.05) is 50.2 Å². The summed E-state index contributed by atoms with van der Waals surface area (Å²) < 4.78 is 7.05. The molecule has 0 atom stereocenters. The first kappa shape index (κ1) is 26.7. The molecule has 2 aromatic carbocycles. The monoisotopic (exact) mass is 545 g/mol. The fourth-order valence-corrected chi connectivity index (χ4v) is 5.42. The predicted octanol–water partition coefficient (Wildman–Crippen LogP) is 4.80. The molecule has 0 spiro atoms. The second-order valence-corrected chi connectivity index (χ2v) is 10.6. The van der Waals surface area contributed by atoms with E-state index in [9.17, 15) is 9.59 Å². The SMILES string of the molecule is Cn1ccnc1CN(CCc1ccc(Cl)cc1)C(=O)C1(Cc2ccccc2)CCN(C(=O)c2ccno2)CC1. The molecule has 0 N–H and O–H groups in total. The number of aromatic nitrogens is 3. The Morgan fingerprint density at radius 1 is 1.00 bits per heavy atom. The molecule has 0 radical (unpaired) electrons. The van der Waals surface area contributed by atoms with Gasteiger partial charge < -0.3 is 18.9 Å². The van der Waals surface area contributed by atoms with Crippen LogP contribution in [0.2, 0.25) is 5.02 Å². The van der Waals surface area contributed by atoms with Crippen LogP contribution < -0.4 is 0 Å². The van der Waals surface area contributed by atoms with E-state index in [1.807, 2.05) is 65.2 Å². The topological polar surface area (TPSA) is 84.5 Å². The molecule has 1 saturated heterocycles. The van der Waals surface area contributed by atoms with Crippen LogP contribution in [0.3, 0.4) is 0 Å². The summed E-state index contributed by atoms with van der Waals surface area (Å²) in [6.07, 6.45) is 7.53. The largest absolute Gasteiger partial charge is 0.351 e. The van der Waals surface area contributed by atoms with E-state index in [2.05, 4.69) is 22.3 Å². The van der Waals surface area contributed by atoms with E-state index in [0.717, 1.165) is 17.0 Å². The van der Waals surface area contributed by atoms with Gasteiger partial charge in [-0.3, -0.25) is 9.59 Å². The van der Waals surface area contributed by atoms with Crippen LogP contribution in [0.5, 0.6) is 0 Å². The van der Waals surface area contributed by atoms with E-state index in [1.54, 1.807) is 17.2 Å². The number of benzene rings is 2. The third-order valence-corrected chi connectivity index (χ3v) is 7.87. The van der Waals surface area contributed by atoms with Crippen LogP contribution in [-0.2, 0) is 31.2 Å². The maximum Gasteiger partial charge on any atom is 0.292 e. The Kier molecular flexibility index (Phi) is 8.12. The molecule has 1 fully saturated rings. The van der Waals surface area contributed by atoms with E-state index < -0.39 is 5.41 Å². The summed E-state index contributed by atoms with van der Waals surface area (Å²) in [6, 6.07) is 19.4. The second kappa shape index (κ2) is 11.9. The third kappa shape index (κ3) is 6.23. The minimum absolute atomic E-state index is 0.0927. The number of carbonyl (C=O) groups excluding carboxylic acids is 2. The first-order valence-electron chi connectivity index (χ1n) is 13.2. The number of likely N-dealkylation sites (tertiary alicyclic amines) is 1. The van der Waals surface area contributed by atoms with Crippen molar-refractivity contribution in [2.45, 2.75) is 32.2 Å². The molecular formula is C30H32ClN5O3. The lowest BCUT2D eigenvalue weighted by Crippen LogP contribution is -2.52. The zero-order chi connectivity index (χ0) is 27.2. The normalized spacial score (nSPS) is 14.8. The predicted molar refractivity (Wildman–Crippen MR) is 148 cm³/mol. The highest BCUT2D eigenvalue weighted by atomic mass is 35.5. The summed E-state index contributed by atoms with van der Waals surface area (Å²) in [4.78, 5) is 35.7. The second-order valence-electron chi connectivity index (χ2n) is 10.2. The van der Waals surface area contributed by atoms with Gasteiger partial charge in [-0.2, -0.15) is 0 Å². The average Bonchev–Trinajstić information content (AvgIpc) is 3.64. The molecule has 9 heteroatoms. The lowest BCUT2D eigenvalue weighted by molar-refractivity contribution is -0.145. The zero-order valence-corrected chi connectivity index (χ0v) is 22.8. The number of piperidine rings is 1. The zero-order valence-electron chi connectivity index (χ0n) is 22.0. The van der Waals surface area contributed by atoms with Crippen molar-refractivity contribution in [2.24, 2.45) is 12.5 Å². The number of amides is 2. The smallest absolute Gasteiger partial charge is 0.292 e. The van der Waals surface area contributed by atoms with Crippen LogP contribution >= 0.6 is 11.6 Å².